The second kappa shape index (κ2) is 8.14. The molecule has 3 heterocycles. The molecule has 0 saturated carbocycles. The van der Waals surface area contributed by atoms with Crippen LogP contribution in [0.1, 0.15) is 24.1 Å². The maximum atomic E-state index is 13.6. The maximum absolute atomic E-state index is 13.6. The third-order valence-electron chi connectivity index (χ3n) is 5.60. The molecular formula is C22H24FN5O2. The summed E-state index contributed by atoms with van der Waals surface area (Å²) in [6.07, 6.45) is 3.42. The van der Waals surface area contributed by atoms with Crippen LogP contribution in [0.2, 0.25) is 0 Å². The number of H-pyrrole nitrogens is 1. The molecule has 2 aromatic heterocycles. The first-order valence-electron chi connectivity index (χ1n) is 9.97. The van der Waals surface area contributed by atoms with Crippen LogP contribution in [0, 0.1) is 18.7 Å². The number of piperidine rings is 1. The van der Waals surface area contributed by atoms with Crippen molar-refractivity contribution in [2.45, 2.75) is 26.2 Å². The predicted molar refractivity (Wildman–Crippen MR) is 114 cm³/mol. The van der Waals surface area contributed by atoms with Crippen molar-refractivity contribution in [3.05, 3.63) is 53.6 Å². The summed E-state index contributed by atoms with van der Waals surface area (Å²) in [6, 6.07) is 8.12. The SMILES string of the molecule is Cc1[nH]c2ccc(F)cc2c1CC(=O)Nc1ccc(N2CCCC(C(N)=O)C2)nc1. The second-order valence-corrected chi connectivity index (χ2v) is 7.74. The van der Waals surface area contributed by atoms with Gasteiger partial charge in [0.15, 0.2) is 0 Å². The van der Waals surface area contributed by atoms with E-state index in [-0.39, 0.29) is 30.0 Å². The highest BCUT2D eigenvalue weighted by molar-refractivity contribution is 5.96. The Bertz CT molecular complexity index is 1090. The zero-order valence-electron chi connectivity index (χ0n) is 16.7. The molecule has 1 atom stereocenters. The molecule has 30 heavy (non-hydrogen) atoms. The standard InChI is InChI=1S/C22H24FN5O2/c1-13-17(18-9-15(23)4-6-19(18)26-13)10-21(29)27-16-5-7-20(25-11-16)28-8-2-3-14(12-28)22(24)30/h4-7,9,11,14,26H,2-3,8,10,12H2,1H3,(H2,24,30)(H,27,29). The molecule has 0 radical (unpaired) electrons. The number of aryl methyl sites for hydroxylation is 1. The summed E-state index contributed by atoms with van der Waals surface area (Å²) in [5, 5.41) is 3.56. The number of amides is 2. The van der Waals surface area contributed by atoms with Gasteiger partial charge >= 0.3 is 0 Å². The predicted octanol–water partition coefficient (Wildman–Crippen LogP) is 2.89. The number of anilines is 2. The number of nitrogens with zero attached hydrogens (tertiary/aromatic N) is 2. The van der Waals surface area contributed by atoms with E-state index in [1.165, 1.54) is 12.1 Å². The minimum atomic E-state index is -0.334. The van der Waals surface area contributed by atoms with Crippen LogP contribution in [0.3, 0.4) is 0 Å². The summed E-state index contributed by atoms with van der Waals surface area (Å²) in [5.74, 6) is -0.231. The van der Waals surface area contributed by atoms with Crippen LogP contribution in [0.4, 0.5) is 15.9 Å². The summed E-state index contributed by atoms with van der Waals surface area (Å²) >= 11 is 0. The van der Waals surface area contributed by atoms with E-state index >= 15 is 0 Å². The minimum Gasteiger partial charge on any atom is -0.369 e. The molecule has 1 saturated heterocycles. The molecule has 8 heteroatoms. The van der Waals surface area contributed by atoms with Crippen molar-refractivity contribution in [3.63, 3.8) is 0 Å². The van der Waals surface area contributed by atoms with Gasteiger partial charge in [0.05, 0.1) is 24.2 Å². The molecule has 1 aromatic carbocycles. The van der Waals surface area contributed by atoms with E-state index in [1.54, 1.807) is 18.3 Å². The number of aromatic amines is 1. The van der Waals surface area contributed by atoms with Gasteiger partial charge in [-0.15, -0.1) is 0 Å². The molecule has 0 aliphatic carbocycles. The first kappa shape index (κ1) is 19.9. The van der Waals surface area contributed by atoms with E-state index in [9.17, 15) is 14.0 Å². The lowest BCUT2D eigenvalue weighted by Gasteiger charge is -2.32. The topological polar surface area (TPSA) is 104 Å². The Balaban J connectivity index is 1.43. The zero-order chi connectivity index (χ0) is 21.3. The van der Waals surface area contributed by atoms with E-state index in [2.05, 4.69) is 15.3 Å². The number of nitrogens with two attached hydrogens (primary N) is 1. The van der Waals surface area contributed by atoms with Crippen molar-refractivity contribution in [3.8, 4) is 0 Å². The van der Waals surface area contributed by atoms with Gasteiger partial charge in [0, 0.05) is 29.7 Å². The van der Waals surface area contributed by atoms with E-state index in [0.717, 1.165) is 42.0 Å². The Labute approximate surface area is 173 Å². The molecule has 1 unspecified atom stereocenters. The molecular weight excluding hydrogens is 385 g/mol. The number of primary amides is 1. The third kappa shape index (κ3) is 4.12. The van der Waals surface area contributed by atoms with Gasteiger partial charge in [0.25, 0.3) is 0 Å². The number of carbonyl (C=O) groups excluding carboxylic acids is 2. The highest BCUT2D eigenvalue weighted by atomic mass is 19.1. The Hall–Kier alpha value is -3.42. The van der Waals surface area contributed by atoms with Crippen molar-refractivity contribution < 1.29 is 14.0 Å². The van der Waals surface area contributed by atoms with Crippen molar-refractivity contribution in [1.82, 2.24) is 9.97 Å². The van der Waals surface area contributed by atoms with Gasteiger partial charge in [0.2, 0.25) is 11.8 Å². The Morgan fingerprint density at radius 1 is 1.33 bits per heavy atom. The van der Waals surface area contributed by atoms with Crippen LogP contribution >= 0.6 is 0 Å². The van der Waals surface area contributed by atoms with Crippen LogP contribution in [0.15, 0.2) is 36.5 Å². The van der Waals surface area contributed by atoms with E-state index in [1.807, 2.05) is 17.9 Å². The number of nitrogens with one attached hydrogen (secondary N) is 2. The van der Waals surface area contributed by atoms with Gasteiger partial charge in [-0.05, 0) is 55.7 Å². The number of carbonyl (C=O) groups is 2. The van der Waals surface area contributed by atoms with Crippen molar-refractivity contribution in [2.75, 3.05) is 23.3 Å². The number of hydrogen-bond acceptors (Lipinski definition) is 4. The molecule has 156 valence electrons. The van der Waals surface area contributed by atoms with Gasteiger partial charge in [-0.1, -0.05) is 0 Å². The molecule has 3 aromatic rings. The molecule has 7 nitrogen and oxygen atoms in total. The van der Waals surface area contributed by atoms with Gasteiger partial charge in [-0.2, -0.15) is 0 Å². The number of halogens is 1. The molecule has 4 rings (SSSR count). The van der Waals surface area contributed by atoms with Crippen molar-refractivity contribution in [1.29, 1.82) is 0 Å². The first-order chi connectivity index (χ1) is 14.4. The lowest BCUT2D eigenvalue weighted by Crippen LogP contribution is -2.41. The summed E-state index contributed by atoms with van der Waals surface area (Å²) in [6.45, 7) is 3.25. The average Bonchev–Trinajstić information content (AvgIpc) is 3.03. The van der Waals surface area contributed by atoms with Crippen LogP contribution in [0.5, 0.6) is 0 Å². The van der Waals surface area contributed by atoms with E-state index < -0.39 is 0 Å². The first-order valence-corrected chi connectivity index (χ1v) is 9.97. The highest BCUT2D eigenvalue weighted by Crippen LogP contribution is 2.25. The molecule has 2 amide bonds. The number of pyridine rings is 1. The summed E-state index contributed by atoms with van der Waals surface area (Å²) in [7, 11) is 0. The third-order valence-corrected chi connectivity index (χ3v) is 5.60. The number of aromatic nitrogens is 2. The Kier molecular flexibility index (Phi) is 5.39. The monoisotopic (exact) mass is 409 g/mol. The summed E-state index contributed by atoms with van der Waals surface area (Å²) in [5.41, 5.74) is 8.44. The fourth-order valence-corrected chi connectivity index (χ4v) is 4.01. The molecule has 0 spiro atoms. The van der Waals surface area contributed by atoms with Gasteiger partial charge < -0.3 is 20.9 Å². The minimum absolute atomic E-state index is 0.128. The summed E-state index contributed by atoms with van der Waals surface area (Å²) < 4.78 is 13.6. The number of fused-ring (bicyclic) bond motifs is 1. The van der Waals surface area contributed by atoms with Gasteiger partial charge in [-0.3, -0.25) is 9.59 Å². The summed E-state index contributed by atoms with van der Waals surface area (Å²) in [4.78, 5) is 33.7. The molecule has 1 aliphatic rings. The smallest absolute Gasteiger partial charge is 0.228 e. The highest BCUT2D eigenvalue weighted by Gasteiger charge is 2.24. The fourth-order valence-electron chi connectivity index (χ4n) is 4.01. The number of rotatable bonds is 5. The molecule has 1 aliphatic heterocycles. The zero-order valence-corrected chi connectivity index (χ0v) is 16.7. The quantitative estimate of drug-likeness (QED) is 0.603. The fraction of sp³-hybridized carbons (Fsp3) is 0.318. The molecule has 1 fully saturated rings. The lowest BCUT2D eigenvalue weighted by molar-refractivity contribution is -0.122. The van der Waals surface area contributed by atoms with Crippen molar-refractivity contribution in [2.24, 2.45) is 11.7 Å². The van der Waals surface area contributed by atoms with Crippen LogP contribution in [-0.4, -0.2) is 34.9 Å². The largest absolute Gasteiger partial charge is 0.369 e. The number of benzene rings is 1. The van der Waals surface area contributed by atoms with Crippen LogP contribution < -0.4 is 16.0 Å². The Morgan fingerprint density at radius 3 is 2.90 bits per heavy atom. The second-order valence-electron chi connectivity index (χ2n) is 7.74. The molecule has 4 N–H and O–H groups in total. The normalized spacial score (nSPS) is 16.6. The number of hydrogen-bond donors (Lipinski definition) is 3. The van der Waals surface area contributed by atoms with Crippen LogP contribution in [-0.2, 0) is 16.0 Å². The van der Waals surface area contributed by atoms with E-state index in [4.69, 9.17) is 5.73 Å². The van der Waals surface area contributed by atoms with Gasteiger partial charge in [0.1, 0.15) is 11.6 Å². The lowest BCUT2D eigenvalue weighted by atomic mass is 9.97. The Morgan fingerprint density at radius 2 is 2.17 bits per heavy atom. The van der Waals surface area contributed by atoms with E-state index in [0.29, 0.717) is 17.6 Å². The maximum Gasteiger partial charge on any atom is 0.228 e. The van der Waals surface area contributed by atoms with Gasteiger partial charge in [-0.25, -0.2) is 9.37 Å². The van der Waals surface area contributed by atoms with Crippen molar-refractivity contribution >= 4 is 34.2 Å². The average molecular weight is 409 g/mol. The molecule has 0 bridgehead atoms. The van der Waals surface area contributed by atoms with Crippen LogP contribution in [0.25, 0.3) is 10.9 Å².